The van der Waals surface area contributed by atoms with Gasteiger partial charge in [-0.2, -0.15) is 0 Å². The van der Waals surface area contributed by atoms with Crippen LogP contribution >= 0.6 is 0 Å². The van der Waals surface area contributed by atoms with Crippen LogP contribution in [0.4, 0.5) is 4.39 Å². The van der Waals surface area contributed by atoms with Crippen LogP contribution in [0.25, 0.3) is 22.1 Å². The van der Waals surface area contributed by atoms with Crippen molar-refractivity contribution in [2.75, 3.05) is 27.3 Å². The molecule has 2 heterocycles. The van der Waals surface area contributed by atoms with Crippen molar-refractivity contribution in [2.45, 2.75) is 105 Å². The molecule has 0 spiro atoms. The molecule has 0 saturated heterocycles. The Morgan fingerprint density at radius 1 is 0.700 bits per heavy atom. The maximum atomic E-state index is 12.8. The van der Waals surface area contributed by atoms with Gasteiger partial charge in [0.25, 0.3) is 0 Å². The number of halogens is 1. The maximum absolute atomic E-state index is 12.8. The normalized spacial score (nSPS) is 12.7. The number of nitrogens with zero attached hydrogens (tertiary/aromatic N) is 5. The summed E-state index contributed by atoms with van der Waals surface area (Å²) in [5.74, 6) is 3.16. The molecule has 0 aliphatic rings. The van der Waals surface area contributed by atoms with Crippen molar-refractivity contribution < 1.29 is 4.39 Å². The third kappa shape index (κ3) is 7.31. The quantitative estimate of drug-likeness (QED) is 0.232. The first kappa shape index (κ1) is 31.8. The van der Waals surface area contributed by atoms with Gasteiger partial charge in [-0.05, 0) is 61.3 Å². The van der Waals surface area contributed by atoms with Crippen LogP contribution in [0.15, 0.2) is 36.4 Å². The summed E-state index contributed by atoms with van der Waals surface area (Å²) in [5, 5.41) is 0. The summed E-state index contributed by atoms with van der Waals surface area (Å²) in [6, 6.07) is 13.1. The molecule has 2 aromatic heterocycles. The molecule has 220 valence electrons. The van der Waals surface area contributed by atoms with Crippen molar-refractivity contribution >= 4 is 22.1 Å². The number of imidazole rings is 2. The van der Waals surface area contributed by atoms with Crippen molar-refractivity contribution in [1.29, 1.82) is 0 Å². The fourth-order valence-electron chi connectivity index (χ4n) is 4.99. The summed E-state index contributed by atoms with van der Waals surface area (Å²) in [7, 11) is 4.24. The first-order valence-electron chi connectivity index (χ1n) is 14.8. The van der Waals surface area contributed by atoms with E-state index in [0.29, 0.717) is 18.4 Å². The predicted molar refractivity (Wildman–Crippen MR) is 170 cm³/mol. The van der Waals surface area contributed by atoms with E-state index in [4.69, 9.17) is 9.97 Å². The van der Waals surface area contributed by atoms with Crippen molar-refractivity contribution in [2.24, 2.45) is 0 Å². The minimum atomic E-state index is -0.361. The fraction of sp³-hybridized carbons (Fsp3) is 0.588. The molecule has 0 radical (unpaired) electrons. The average Bonchev–Trinajstić information content (AvgIpc) is 3.41. The second-order valence-electron chi connectivity index (χ2n) is 14.0. The van der Waals surface area contributed by atoms with Gasteiger partial charge in [-0.15, -0.1) is 0 Å². The fourth-order valence-corrected chi connectivity index (χ4v) is 4.99. The number of aromatic nitrogens is 4. The number of fused-ring (bicyclic) bond motifs is 2. The number of hydrogen-bond acceptors (Lipinski definition) is 3. The summed E-state index contributed by atoms with van der Waals surface area (Å²) in [6.07, 6.45) is 0. The molecule has 0 amide bonds. The molecule has 2 aromatic carbocycles. The molecule has 4 rings (SSSR count). The minimum Gasteiger partial charge on any atom is -0.326 e. The molecule has 0 aliphatic heterocycles. The number of likely N-dealkylation sites (N-methyl/N-ethyl adjacent to an activating group) is 1. The molecule has 0 N–H and O–H groups in total. The highest BCUT2D eigenvalue weighted by Gasteiger charge is 2.24. The molecule has 4 aromatic rings. The number of benzene rings is 2. The van der Waals surface area contributed by atoms with Gasteiger partial charge in [-0.1, -0.05) is 81.4 Å². The van der Waals surface area contributed by atoms with Gasteiger partial charge in [0.2, 0.25) is 0 Å². The Morgan fingerprint density at radius 2 is 1.10 bits per heavy atom. The Hall–Kier alpha value is -2.73. The molecule has 0 saturated carbocycles. The van der Waals surface area contributed by atoms with Gasteiger partial charge in [0.15, 0.2) is 0 Å². The number of alkyl halides is 1. The predicted octanol–water partition coefficient (Wildman–Crippen LogP) is 8.45. The van der Waals surface area contributed by atoms with E-state index in [-0.39, 0.29) is 17.5 Å². The minimum absolute atomic E-state index is 0.0589. The maximum Gasteiger partial charge on any atom is 0.115 e. The molecule has 0 unspecified atom stereocenters. The first-order chi connectivity index (χ1) is 18.5. The van der Waals surface area contributed by atoms with Crippen LogP contribution in [0.1, 0.15) is 104 Å². The lowest BCUT2D eigenvalue weighted by molar-refractivity contribution is 0.375. The zero-order valence-electron chi connectivity index (χ0n) is 27.1. The topological polar surface area (TPSA) is 38.9 Å². The highest BCUT2D eigenvalue weighted by atomic mass is 19.1. The third-order valence-electron chi connectivity index (χ3n) is 7.30. The van der Waals surface area contributed by atoms with Crippen LogP contribution in [0.2, 0.25) is 0 Å². The van der Waals surface area contributed by atoms with Gasteiger partial charge in [0, 0.05) is 23.9 Å². The molecule has 5 nitrogen and oxygen atoms in total. The third-order valence-corrected chi connectivity index (χ3v) is 7.30. The Labute approximate surface area is 241 Å². The van der Waals surface area contributed by atoms with E-state index < -0.39 is 0 Å². The van der Waals surface area contributed by atoms with Gasteiger partial charge < -0.3 is 14.0 Å². The van der Waals surface area contributed by atoms with E-state index in [1.165, 1.54) is 22.5 Å². The first-order valence-corrected chi connectivity index (χ1v) is 14.8. The molecular weight excluding hydrogens is 497 g/mol. The van der Waals surface area contributed by atoms with Gasteiger partial charge in [0.05, 0.1) is 28.6 Å². The van der Waals surface area contributed by atoms with E-state index in [0.717, 1.165) is 35.5 Å². The molecule has 6 heteroatoms. The molecule has 0 atom stereocenters. The monoisotopic (exact) mass is 549 g/mol. The molecule has 0 bridgehead atoms. The SMILES string of the molecule is CC(C)c1ccc2c(c1)nc(C(C)(C)C)n2CCF.CC(C)c1ccc2c(c1)nc(C(C)(C)C)n2CCN(C)C. The number of hydrogen-bond donors (Lipinski definition) is 0. The Morgan fingerprint density at radius 3 is 1.43 bits per heavy atom. The van der Waals surface area contributed by atoms with Gasteiger partial charge in [0.1, 0.15) is 18.3 Å². The van der Waals surface area contributed by atoms with Gasteiger partial charge in [-0.3, -0.25) is 0 Å². The summed E-state index contributed by atoms with van der Waals surface area (Å²) < 4.78 is 17.2. The molecule has 0 aliphatic carbocycles. The Balaban J connectivity index is 0.000000222. The molecule has 40 heavy (non-hydrogen) atoms. The van der Waals surface area contributed by atoms with Crippen LogP contribution in [0.5, 0.6) is 0 Å². The average molecular weight is 550 g/mol. The summed E-state index contributed by atoms with van der Waals surface area (Å²) >= 11 is 0. The summed E-state index contributed by atoms with van der Waals surface area (Å²) in [5.41, 5.74) is 7.01. The highest BCUT2D eigenvalue weighted by Crippen LogP contribution is 2.30. The van der Waals surface area contributed by atoms with Crippen LogP contribution in [-0.2, 0) is 23.9 Å². The van der Waals surface area contributed by atoms with Gasteiger partial charge in [-0.25, -0.2) is 14.4 Å². The van der Waals surface area contributed by atoms with E-state index in [9.17, 15) is 4.39 Å². The highest BCUT2D eigenvalue weighted by molar-refractivity contribution is 5.78. The Kier molecular flexibility index (Phi) is 9.87. The van der Waals surface area contributed by atoms with Crippen molar-refractivity contribution in [3.05, 3.63) is 59.2 Å². The van der Waals surface area contributed by atoms with E-state index in [1.807, 2.05) is 4.57 Å². The number of rotatable bonds is 7. The second kappa shape index (κ2) is 12.4. The van der Waals surface area contributed by atoms with Crippen LogP contribution in [-0.4, -0.2) is 51.3 Å². The van der Waals surface area contributed by atoms with Crippen LogP contribution in [0, 0.1) is 0 Å². The lowest BCUT2D eigenvalue weighted by atomic mass is 9.95. The van der Waals surface area contributed by atoms with E-state index in [2.05, 4.69) is 129 Å². The standard InChI is InChI=1S/C18H29N3.C16H23FN2/c1-13(2)14-8-9-16-15(12-14)19-17(18(3,4)5)21(16)11-10-20(6)7;1-11(2)12-6-7-14-13(10-12)18-15(16(3,4)5)19(14)9-8-17/h8-9,12-13H,10-11H2,1-7H3;6-7,10-11H,8-9H2,1-5H3. The second-order valence-corrected chi connectivity index (χ2v) is 14.0. The van der Waals surface area contributed by atoms with Crippen LogP contribution < -0.4 is 0 Å². The van der Waals surface area contributed by atoms with E-state index >= 15 is 0 Å². The Bertz CT molecular complexity index is 1410. The lowest BCUT2D eigenvalue weighted by Crippen LogP contribution is -2.24. The van der Waals surface area contributed by atoms with Crippen molar-refractivity contribution in [3.8, 4) is 0 Å². The van der Waals surface area contributed by atoms with E-state index in [1.54, 1.807) is 0 Å². The van der Waals surface area contributed by atoms with Crippen LogP contribution in [0.3, 0.4) is 0 Å². The van der Waals surface area contributed by atoms with Crippen molar-refractivity contribution in [1.82, 2.24) is 24.0 Å². The van der Waals surface area contributed by atoms with Gasteiger partial charge >= 0.3 is 0 Å². The lowest BCUT2D eigenvalue weighted by Gasteiger charge is -2.21. The number of aryl methyl sites for hydroxylation is 1. The largest absolute Gasteiger partial charge is 0.326 e. The zero-order chi connectivity index (χ0) is 30.0. The summed E-state index contributed by atoms with van der Waals surface area (Å²) in [6.45, 7) is 23.9. The smallest absolute Gasteiger partial charge is 0.115 e. The molecular formula is C34H52FN5. The summed E-state index contributed by atoms with van der Waals surface area (Å²) in [4.78, 5) is 11.9. The zero-order valence-corrected chi connectivity index (χ0v) is 27.1. The molecule has 0 fully saturated rings. The van der Waals surface area contributed by atoms with Crippen molar-refractivity contribution in [3.63, 3.8) is 0 Å².